The maximum atomic E-state index is 13.4. The molecule has 1 aromatic heterocycles. The fourth-order valence-corrected chi connectivity index (χ4v) is 3.00. The van der Waals surface area contributed by atoms with Crippen molar-refractivity contribution >= 4 is 5.91 Å². The first kappa shape index (κ1) is 16.5. The molecule has 1 aliphatic rings. The van der Waals surface area contributed by atoms with Gasteiger partial charge in [-0.2, -0.15) is 5.10 Å². The highest BCUT2D eigenvalue weighted by Crippen LogP contribution is 2.39. The number of amides is 1. The lowest BCUT2D eigenvalue weighted by atomic mass is 10.1. The second-order valence-corrected chi connectivity index (χ2v) is 6.74. The van der Waals surface area contributed by atoms with Gasteiger partial charge in [0.05, 0.1) is 11.4 Å². The van der Waals surface area contributed by atoms with Crippen LogP contribution in [-0.4, -0.2) is 15.7 Å². The molecule has 0 aliphatic heterocycles. The molecule has 2 aromatic carbocycles. The van der Waals surface area contributed by atoms with E-state index in [-0.39, 0.29) is 11.7 Å². The van der Waals surface area contributed by atoms with E-state index >= 15 is 0 Å². The predicted molar refractivity (Wildman–Crippen MR) is 97.8 cm³/mol. The molecule has 1 N–H and O–H groups in total. The number of nitrogens with zero attached hydrogens (tertiary/aromatic N) is 2. The second kappa shape index (κ2) is 6.75. The van der Waals surface area contributed by atoms with Crippen LogP contribution in [0.5, 0.6) is 0 Å². The first-order valence-electron chi connectivity index (χ1n) is 8.80. The van der Waals surface area contributed by atoms with E-state index in [1.165, 1.54) is 6.07 Å². The first-order valence-corrected chi connectivity index (χ1v) is 8.80. The van der Waals surface area contributed by atoms with Gasteiger partial charge in [-0.05, 0) is 55.2 Å². The smallest absolute Gasteiger partial charge is 0.270 e. The summed E-state index contributed by atoms with van der Waals surface area (Å²) < 4.78 is 15.1. The van der Waals surface area contributed by atoms with Crippen molar-refractivity contribution in [3.63, 3.8) is 0 Å². The van der Waals surface area contributed by atoms with Crippen molar-refractivity contribution in [1.29, 1.82) is 0 Å². The zero-order chi connectivity index (χ0) is 18.1. The Kier molecular flexibility index (Phi) is 4.29. The Morgan fingerprint density at radius 3 is 2.65 bits per heavy atom. The third-order valence-electron chi connectivity index (χ3n) is 4.63. The molecule has 0 unspecified atom stereocenters. The van der Waals surface area contributed by atoms with Gasteiger partial charge >= 0.3 is 0 Å². The molecular weight excluding hydrogens is 329 g/mol. The lowest BCUT2D eigenvalue weighted by Crippen LogP contribution is -2.25. The Hall–Kier alpha value is -2.95. The van der Waals surface area contributed by atoms with E-state index in [0.717, 1.165) is 29.8 Å². The van der Waals surface area contributed by atoms with Crippen molar-refractivity contribution in [3.8, 4) is 5.69 Å². The topological polar surface area (TPSA) is 46.9 Å². The minimum Gasteiger partial charge on any atom is -0.347 e. The summed E-state index contributed by atoms with van der Waals surface area (Å²) in [5.41, 5.74) is 3.79. The maximum Gasteiger partial charge on any atom is 0.270 e. The molecule has 0 atom stereocenters. The fourth-order valence-electron chi connectivity index (χ4n) is 3.00. The van der Waals surface area contributed by atoms with Gasteiger partial charge in [0.2, 0.25) is 0 Å². The van der Waals surface area contributed by atoms with Crippen LogP contribution < -0.4 is 5.32 Å². The molecule has 0 spiro atoms. The molecule has 0 saturated heterocycles. The average Bonchev–Trinajstić information content (AvgIpc) is 3.41. The minimum absolute atomic E-state index is 0.185. The number of carbonyl (C=O) groups is 1. The highest BCUT2D eigenvalue weighted by Gasteiger charge is 2.29. The van der Waals surface area contributed by atoms with Gasteiger partial charge in [-0.1, -0.05) is 30.3 Å². The summed E-state index contributed by atoms with van der Waals surface area (Å²) in [6.07, 6.45) is 2.25. The van der Waals surface area contributed by atoms with Gasteiger partial charge in [0.25, 0.3) is 5.91 Å². The Morgan fingerprint density at radius 2 is 1.96 bits per heavy atom. The minimum atomic E-state index is -0.240. The molecule has 132 valence electrons. The van der Waals surface area contributed by atoms with Crippen LogP contribution in [0.25, 0.3) is 5.69 Å². The van der Waals surface area contributed by atoms with Crippen LogP contribution in [0.2, 0.25) is 0 Å². The summed E-state index contributed by atoms with van der Waals surface area (Å²) in [7, 11) is 0. The largest absolute Gasteiger partial charge is 0.347 e. The van der Waals surface area contributed by atoms with Crippen LogP contribution in [0.15, 0.2) is 54.6 Å². The van der Waals surface area contributed by atoms with Gasteiger partial charge in [-0.3, -0.25) is 4.79 Å². The number of para-hydroxylation sites is 1. The number of benzene rings is 2. The van der Waals surface area contributed by atoms with Crippen LogP contribution in [0, 0.1) is 12.7 Å². The highest BCUT2D eigenvalue weighted by atomic mass is 19.1. The summed E-state index contributed by atoms with van der Waals surface area (Å²) in [4.78, 5) is 12.8. The monoisotopic (exact) mass is 349 g/mol. The molecule has 1 saturated carbocycles. The van der Waals surface area contributed by atoms with Gasteiger partial charge in [0, 0.05) is 12.5 Å². The van der Waals surface area contributed by atoms with E-state index in [0.29, 0.717) is 23.7 Å². The molecule has 4 rings (SSSR count). The average molecular weight is 349 g/mol. The maximum absolute atomic E-state index is 13.4. The highest BCUT2D eigenvalue weighted by molar-refractivity contribution is 5.93. The Bertz CT molecular complexity index is 945. The quantitative estimate of drug-likeness (QED) is 0.753. The predicted octanol–water partition coefficient (Wildman–Crippen LogP) is 4.13. The molecule has 1 heterocycles. The van der Waals surface area contributed by atoms with E-state index in [4.69, 9.17) is 0 Å². The normalized spacial score (nSPS) is 13.6. The molecule has 1 fully saturated rings. The summed E-state index contributed by atoms with van der Waals surface area (Å²) >= 11 is 0. The zero-order valence-electron chi connectivity index (χ0n) is 14.6. The molecule has 5 heteroatoms. The van der Waals surface area contributed by atoms with Gasteiger partial charge in [0.1, 0.15) is 11.5 Å². The fraction of sp³-hybridized carbons (Fsp3) is 0.238. The molecule has 3 aromatic rings. The number of aryl methyl sites for hydroxylation is 1. The number of rotatable bonds is 5. The van der Waals surface area contributed by atoms with Gasteiger partial charge in [-0.15, -0.1) is 0 Å². The summed E-state index contributed by atoms with van der Waals surface area (Å²) in [5.74, 6) is 0.0396. The van der Waals surface area contributed by atoms with Crippen LogP contribution in [-0.2, 0) is 6.54 Å². The van der Waals surface area contributed by atoms with Crippen LogP contribution >= 0.6 is 0 Å². The lowest BCUT2D eigenvalue weighted by Gasteiger charge is -2.09. The van der Waals surface area contributed by atoms with E-state index in [9.17, 15) is 9.18 Å². The molecular formula is C21H20FN3O. The number of carbonyl (C=O) groups excluding carboxylic acids is 1. The lowest BCUT2D eigenvalue weighted by molar-refractivity contribution is 0.0943. The molecule has 1 aliphatic carbocycles. The van der Waals surface area contributed by atoms with Crippen LogP contribution in [0.4, 0.5) is 4.39 Å². The van der Waals surface area contributed by atoms with Crippen molar-refractivity contribution < 1.29 is 9.18 Å². The molecule has 1 amide bonds. The zero-order valence-corrected chi connectivity index (χ0v) is 14.6. The van der Waals surface area contributed by atoms with Crippen LogP contribution in [0.3, 0.4) is 0 Å². The number of aromatic nitrogens is 2. The van der Waals surface area contributed by atoms with Gasteiger partial charge in [-0.25, -0.2) is 9.07 Å². The standard InChI is InChI=1S/C21H20FN3O/c1-14-11-15(7-10-18(14)22)13-23-21(26)20-12-19(16-8-9-16)24-25(20)17-5-3-2-4-6-17/h2-7,10-12,16H,8-9,13H2,1H3,(H,23,26). The van der Waals surface area contributed by atoms with E-state index in [2.05, 4.69) is 10.4 Å². The summed E-state index contributed by atoms with van der Waals surface area (Å²) in [6.45, 7) is 2.06. The Labute approximate surface area is 151 Å². The van der Waals surface area contributed by atoms with Gasteiger partial charge in [0.15, 0.2) is 0 Å². The molecule has 0 radical (unpaired) electrons. The summed E-state index contributed by atoms with van der Waals surface area (Å²) in [6, 6.07) is 16.4. The number of nitrogens with one attached hydrogen (secondary N) is 1. The third kappa shape index (κ3) is 3.38. The van der Waals surface area contributed by atoms with Gasteiger partial charge < -0.3 is 5.32 Å². The van der Waals surface area contributed by atoms with E-state index in [1.807, 2.05) is 36.4 Å². The number of halogens is 1. The third-order valence-corrected chi connectivity index (χ3v) is 4.63. The van der Waals surface area contributed by atoms with Crippen molar-refractivity contribution in [3.05, 3.63) is 82.9 Å². The van der Waals surface area contributed by atoms with Crippen molar-refractivity contribution in [2.45, 2.75) is 32.2 Å². The number of hydrogen-bond donors (Lipinski definition) is 1. The molecule has 0 bridgehead atoms. The molecule has 4 nitrogen and oxygen atoms in total. The second-order valence-electron chi connectivity index (χ2n) is 6.74. The number of hydrogen-bond acceptors (Lipinski definition) is 2. The van der Waals surface area contributed by atoms with Crippen molar-refractivity contribution in [2.24, 2.45) is 0 Å². The van der Waals surface area contributed by atoms with E-state index in [1.54, 1.807) is 23.7 Å². The Morgan fingerprint density at radius 1 is 1.19 bits per heavy atom. The SMILES string of the molecule is Cc1cc(CNC(=O)c2cc(C3CC3)nn2-c2ccccc2)ccc1F. The van der Waals surface area contributed by atoms with Crippen LogP contribution in [0.1, 0.15) is 46.1 Å². The first-order chi connectivity index (χ1) is 12.6. The van der Waals surface area contributed by atoms with E-state index < -0.39 is 0 Å². The Balaban J connectivity index is 1.57. The van der Waals surface area contributed by atoms with Crippen molar-refractivity contribution in [2.75, 3.05) is 0 Å². The van der Waals surface area contributed by atoms with Crippen molar-refractivity contribution in [1.82, 2.24) is 15.1 Å². The summed E-state index contributed by atoms with van der Waals surface area (Å²) in [5, 5.41) is 7.57. The molecule has 26 heavy (non-hydrogen) atoms.